The van der Waals surface area contributed by atoms with Crippen LogP contribution in [0.15, 0.2) is 90.0 Å². The molecule has 7 heteroatoms. The fraction of sp³-hybridized carbons (Fsp3) is 0.0476. The van der Waals surface area contributed by atoms with Gasteiger partial charge in [-0.25, -0.2) is 5.43 Å². The van der Waals surface area contributed by atoms with E-state index in [9.17, 15) is 20.0 Å². The van der Waals surface area contributed by atoms with Crippen LogP contribution in [-0.4, -0.2) is 22.2 Å². The minimum atomic E-state index is -1.97. The van der Waals surface area contributed by atoms with E-state index in [2.05, 4.69) is 10.5 Å². The zero-order chi connectivity index (χ0) is 20.0. The molecule has 0 atom stereocenters. The molecule has 7 nitrogen and oxygen atoms in total. The van der Waals surface area contributed by atoms with E-state index in [1.165, 1.54) is 24.4 Å². The van der Waals surface area contributed by atoms with E-state index in [-0.39, 0.29) is 11.3 Å². The van der Waals surface area contributed by atoms with Crippen LogP contribution in [0.5, 0.6) is 0 Å². The van der Waals surface area contributed by atoms with Crippen molar-refractivity contribution >= 4 is 17.8 Å². The van der Waals surface area contributed by atoms with Gasteiger partial charge in [-0.15, -0.1) is 0 Å². The van der Waals surface area contributed by atoms with Crippen LogP contribution in [0.1, 0.15) is 16.7 Å². The molecule has 0 aliphatic carbocycles. The number of benzene rings is 3. The number of amides is 1. The van der Waals surface area contributed by atoms with Crippen LogP contribution in [0.4, 0.5) is 5.69 Å². The molecule has 0 unspecified atom stereocenters. The monoisotopic (exact) mass is 375 g/mol. The van der Waals surface area contributed by atoms with Crippen molar-refractivity contribution in [2.75, 3.05) is 0 Å². The van der Waals surface area contributed by atoms with Gasteiger partial charge >= 0.3 is 0 Å². The fourth-order valence-electron chi connectivity index (χ4n) is 2.79. The van der Waals surface area contributed by atoms with Crippen molar-refractivity contribution < 1.29 is 14.8 Å². The van der Waals surface area contributed by atoms with Crippen molar-refractivity contribution in [1.82, 2.24) is 5.43 Å². The Morgan fingerprint density at radius 3 is 1.96 bits per heavy atom. The molecule has 28 heavy (non-hydrogen) atoms. The number of hydrogen-bond donors (Lipinski definition) is 2. The van der Waals surface area contributed by atoms with Crippen molar-refractivity contribution in [3.8, 4) is 0 Å². The van der Waals surface area contributed by atoms with Gasteiger partial charge in [-0.05, 0) is 17.2 Å². The Kier molecular flexibility index (Phi) is 5.57. The van der Waals surface area contributed by atoms with E-state index >= 15 is 0 Å². The molecule has 2 N–H and O–H groups in total. The molecule has 0 aliphatic rings. The van der Waals surface area contributed by atoms with Crippen molar-refractivity contribution in [2.45, 2.75) is 5.60 Å². The van der Waals surface area contributed by atoms with Gasteiger partial charge < -0.3 is 5.11 Å². The highest BCUT2D eigenvalue weighted by atomic mass is 16.6. The summed E-state index contributed by atoms with van der Waals surface area (Å²) >= 11 is 0. The average Bonchev–Trinajstić information content (AvgIpc) is 2.74. The zero-order valence-electron chi connectivity index (χ0n) is 14.7. The lowest BCUT2D eigenvalue weighted by Gasteiger charge is -2.27. The number of hydrazone groups is 1. The molecule has 3 aromatic rings. The summed E-state index contributed by atoms with van der Waals surface area (Å²) in [5, 5.41) is 26.1. The molecule has 3 aromatic carbocycles. The van der Waals surface area contributed by atoms with Crippen LogP contribution in [0.3, 0.4) is 0 Å². The van der Waals surface area contributed by atoms with E-state index in [0.717, 1.165) is 0 Å². The first kappa shape index (κ1) is 18.9. The van der Waals surface area contributed by atoms with Crippen LogP contribution in [0.2, 0.25) is 0 Å². The van der Waals surface area contributed by atoms with Crippen molar-refractivity contribution in [2.24, 2.45) is 5.10 Å². The van der Waals surface area contributed by atoms with E-state index < -0.39 is 16.4 Å². The maximum Gasteiger partial charge on any atom is 0.281 e. The molecule has 0 heterocycles. The van der Waals surface area contributed by atoms with Crippen molar-refractivity contribution in [3.63, 3.8) is 0 Å². The fourth-order valence-corrected chi connectivity index (χ4v) is 2.79. The molecule has 0 aliphatic heterocycles. The smallest absolute Gasteiger partial charge is 0.281 e. The summed E-state index contributed by atoms with van der Waals surface area (Å²) < 4.78 is 0. The lowest BCUT2D eigenvalue weighted by atomic mass is 9.85. The first-order chi connectivity index (χ1) is 13.5. The Morgan fingerprint density at radius 1 is 0.929 bits per heavy atom. The average molecular weight is 375 g/mol. The quantitative estimate of drug-likeness (QED) is 0.392. The predicted octanol–water partition coefficient (Wildman–Crippen LogP) is 2.98. The van der Waals surface area contributed by atoms with E-state index in [0.29, 0.717) is 11.1 Å². The molecule has 3 rings (SSSR count). The van der Waals surface area contributed by atoms with Gasteiger partial charge in [0.1, 0.15) is 0 Å². The van der Waals surface area contributed by atoms with Crippen LogP contribution < -0.4 is 5.43 Å². The molecular formula is C21H17N3O4. The van der Waals surface area contributed by atoms with Crippen LogP contribution >= 0.6 is 0 Å². The lowest BCUT2D eigenvalue weighted by Crippen LogP contribution is -2.43. The van der Waals surface area contributed by atoms with Gasteiger partial charge in [0, 0.05) is 6.07 Å². The number of nitrogens with zero attached hydrogens (tertiary/aromatic N) is 2. The predicted molar refractivity (Wildman–Crippen MR) is 105 cm³/mol. The first-order valence-corrected chi connectivity index (χ1v) is 8.44. The number of para-hydroxylation sites is 1. The number of aliphatic hydroxyl groups is 1. The zero-order valence-corrected chi connectivity index (χ0v) is 14.7. The van der Waals surface area contributed by atoms with Gasteiger partial charge in [-0.1, -0.05) is 72.8 Å². The normalized spacial score (nSPS) is 11.3. The number of carbonyl (C=O) groups excluding carboxylic acids is 1. The van der Waals surface area contributed by atoms with Crippen molar-refractivity contribution in [3.05, 3.63) is 112 Å². The number of carbonyl (C=O) groups is 1. The van der Waals surface area contributed by atoms with Gasteiger partial charge in [-0.2, -0.15) is 5.10 Å². The largest absolute Gasteiger partial charge is 0.372 e. The molecule has 0 saturated carbocycles. The minimum absolute atomic E-state index is 0.137. The number of rotatable bonds is 6. The Hall–Kier alpha value is -3.84. The third kappa shape index (κ3) is 3.79. The molecule has 0 radical (unpaired) electrons. The van der Waals surface area contributed by atoms with Gasteiger partial charge in [0.2, 0.25) is 0 Å². The number of nitrogens with one attached hydrogen (secondary N) is 1. The molecule has 140 valence electrons. The highest BCUT2D eigenvalue weighted by Crippen LogP contribution is 2.29. The van der Waals surface area contributed by atoms with E-state index in [1.807, 2.05) is 0 Å². The number of nitro benzene ring substituents is 1. The molecule has 0 bridgehead atoms. The molecule has 0 spiro atoms. The Bertz CT molecular complexity index is 965. The summed E-state index contributed by atoms with van der Waals surface area (Å²) in [6, 6.07) is 23.0. The third-order valence-electron chi connectivity index (χ3n) is 4.21. The van der Waals surface area contributed by atoms with Crippen LogP contribution in [-0.2, 0) is 10.4 Å². The summed E-state index contributed by atoms with van der Waals surface area (Å²) in [6.07, 6.45) is 1.17. The Labute approximate surface area is 161 Å². The molecule has 1 amide bonds. The minimum Gasteiger partial charge on any atom is -0.372 e. The third-order valence-corrected chi connectivity index (χ3v) is 4.21. The second kappa shape index (κ2) is 8.24. The highest BCUT2D eigenvalue weighted by Gasteiger charge is 2.39. The Morgan fingerprint density at radius 2 is 1.43 bits per heavy atom. The van der Waals surface area contributed by atoms with Gasteiger partial charge in [0.25, 0.3) is 11.6 Å². The molecule has 0 saturated heterocycles. The molecule has 0 fully saturated rings. The summed E-state index contributed by atoms with van der Waals surface area (Å²) in [7, 11) is 0. The summed E-state index contributed by atoms with van der Waals surface area (Å²) in [4.78, 5) is 23.4. The van der Waals surface area contributed by atoms with Crippen LogP contribution in [0.25, 0.3) is 0 Å². The summed E-state index contributed by atoms with van der Waals surface area (Å²) in [5.74, 6) is -0.778. The molecular weight excluding hydrogens is 358 g/mol. The van der Waals surface area contributed by atoms with Gasteiger partial charge in [0.15, 0.2) is 5.60 Å². The summed E-state index contributed by atoms with van der Waals surface area (Å²) in [5.41, 5.74) is 1.17. The second-order valence-corrected chi connectivity index (χ2v) is 5.96. The first-order valence-electron chi connectivity index (χ1n) is 8.44. The van der Waals surface area contributed by atoms with Crippen molar-refractivity contribution in [1.29, 1.82) is 0 Å². The van der Waals surface area contributed by atoms with E-state index in [1.54, 1.807) is 66.7 Å². The SMILES string of the molecule is O=C(N/N=C/c1ccccc1[N+](=O)[O-])C(O)(c1ccccc1)c1ccccc1. The standard InChI is InChI=1S/C21H17N3O4/c25-20(23-22-15-16-9-7-8-14-19(16)24(27)28)21(26,17-10-3-1-4-11-17)18-12-5-2-6-13-18/h1-15,26H,(H,23,25)/b22-15+. The summed E-state index contributed by atoms with van der Waals surface area (Å²) in [6.45, 7) is 0. The maximum absolute atomic E-state index is 12.9. The van der Waals surface area contributed by atoms with E-state index in [4.69, 9.17) is 0 Å². The Balaban J connectivity index is 1.91. The lowest BCUT2D eigenvalue weighted by molar-refractivity contribution is -0.385. The number of hydrogen-bond acceptors (Lipinski definition) is 5. The topological polar surface area (TPSA) is 105 Å². The number of nitro groups is 1. The van der Waals surface area contributed by atoms with Gasteiger partial charge in [0.05, 0.1) is 16.7 Å². The second-order valence-electron chi connectivity index (χ2n) is 5.96. The van der Waals surface area contributed by atoms with Crippen LogP contribution in [0, 0.1) is 10.1 Å². The van der Waals surface area contributed by atoms with Gasteiger partial charge in [-0.3, -0.25) is 14.9 Å². The molecule has 0 aromatic heterocycles. The maximum atomic E-state index is 12.9. The highest BCUT2D eigenvalue weighted by molar-refractivity contribution is 5.92.